The topological polar surface area (TPSA) is 90.7 Å². The van der Waals surface area contributed by atoms with Crippen molar-refractivity contribution < 1.29 is 19.2 Å². The van der Waals surface area contributed by atoms with Crippen LogP contribution in [0.1, 0.15) is 17.2 Å². The van der Waals surface area contributed by atoms with Gasteiger partial charge in [-0.05, 0) is 29.7 Å². The van der Waals surface area contributed by atoms with Crippen LogP contribution in [-0.4, -0.2) is 24.5 Å². The molecule has 0 aliphatic rings. The van der Waals surface area contributed by atoms with E-state index in [1.54, 1.807) is 6.07 Å². The maximum Gasteiger partial charge on any atom is 0.314 e. The van der Waals surface area contributed by atoms with Gasteiger partial charge in [0.25, 0.3) is 5.91 Å². The van der Waals surface area contributed by atoms with Gasteiger partial charge in [0, 0.05) is 0 Å². The van der Waals surface area contributed by atoms with Crippen LogP contribution in [0, 0.1) is 10.1 Å². The van der Waals surface area contributed by atoms with Gasteiger partial charge in [0.2, 0.25) is 0 Å². The van der Waals surface area contributed by atoms with E-state index in [0.717, 1.165) is 11.1 Å². The summed E-state index contributed by atoms with van der Waals surface area (Å²) in [6.45, 7) is -0.342. The Hall–Kier alpha value is -3.87. The third kappa shape index (κ3) is 5.57. The van der Waals surface area contributed by atoms with Crippen LogP contribution in [0.25, 0.3) is 0 Å². The van der Waals surface area contributed by atoms with Crippen LogP contribution in [0.3, 0.4) is 0 Å². The van der Waals surface area contributed by atoms with Crippen LogP contribution < -0.4 is 14.8 Å². The highest BCUT2D eigenvalue weighted by atomic mass is 16.6. The van der Waals surface area contributed by atoms with Crippen molar-refractivity contribution in [3.8, 4) is 11.5 Å². The van der Waals surface area contributed by atoms with Crippen molar-refractivity contribution in [2.75, 3.05) is 13.7 Å². The normalized spacial score (nSPS) is 11.4. The van der Waals surface area contributed by atoms with Crippen LogP contribution >= 0.6 is 0 Å². The van der Waals surface area contributed by atoms with E-state index >= 15 is 0 Å². The minimum absolute atomic E-state index is 0.00951. The second-order valence-electron chi connectivity index (χ2n) is 6.60. The monoisotopic (exact) mass is 406 g/mol. The molecule has 0 heterocycles. The molecule has 0 aromatic heterocycles. The lowest BCUT2D eigenvalue weighted by Crippen LogP contribution is -2.33. The molecular formula is C23H22N2O5. The molecule has 3 aromatic carbocycles. The molecule has 0 aliphatic heterocycles. The molecule has 0 saturated carbocycles. The van der Waals surface area contributed by atoms with Gasteiger partial charge in [-0.25, -0.2) is 0 Å². The quantitative estimate of drug-likeness (QED) is 0.427. The Balaban J connectivity index is 1.70. The molecule has 7 nitrogen and oxygen atoms in total. The second-order valence-corrected chi connectivity index (χ2v) is 6.60. The summed E-state index contributed by atoms with van der Waals surface area (Å²) in [7, 11) is 1.42. The standard InChI is InChI=1S/C23H22N2O5/c1-29-19-12-13-22(21(15-19)25(27)28)30-16-23(26)24-20(18-10-6-3-7-11-18)14-17-8-4-2-5-9-17/h2-13,15,20H,14,16H2,1H3,(H,24,26)/t20-/m1/s1. The molecule has 154 valence electrons. The fraction of sp³-hybridized carbons (Fsp3) is 0.174. The summed E-state index contributed by atoms with van der Waals surface area (Å²) in [6, 6.07) is 23.4. The molecular weight excluding hydrogens is 384 g/mol. The molecule has 7 heteroatoms. The van der Waals surface area contributed by atoms with Crippen molar-refractivity contribution in [2.45, 2.75) is 12.5 Å². The first kappa shape index (κ1) is 20.9. The van der Waals surface area contributed by atoms with Gasteiger partial charge in [-0.15, -0.1) is 0 Å². The molecule has 3 aromatic rings. The zero-order valence-corrected chi connectivity index (χ0v) is 16.5. The molecule has 1 amide bonds. The fourth-order valence-electron chi connectivity index (χ4n) is 3.06. The highest BCUT2D eigenvalue weighted by molar-refractivity contribution is 5.78. The number of carbonyl (C=O) groups is 1. The maximum atomic E-state index is 12.6. The third-order valence-corrected chi connectivity index (χ3v) is 4.54. The molecule has 3 rings (SSSR count). The highest BCUT2D eigenvalue weighted by Crippen LogP contribution is 2.31. The molecule has 0 spiro atoms. The van der Waals surface area contributed by atoms with Gasteiger partial charge >= 0.3 is 5.69 Å². The van der Waals surface area contributed by atoms with E-state index < -0.39 is 4.92 Å². The van der Waals surface area contributed by atoms with Gasteiger partial charge in [0.1, 0.15) is 5.75 Å². The molecule has 0 radical (unpaired) electrons. The predicted octanol–water partition coefficient (Wildman–Crippen LogP) is 4.08. The molecule has 0 fully saturated rings. The Morgan fingerprint density at radius 1 is 1.03 bits per heavy atom. The van der Waals surface area contributed by atoms with Crippen molar-refractivity contribution in [3.63, 3.8) is 0 Å². The molecule has 1 atom stereocenters. The lowest BCUT2D eigenvalue weighted by atomic mass is 9.99. The first-order valence-electron chi connectivity index (χ1n) is 9.40. The number of carbonyl (C=O) groups excluding carboxylic acids is 1. The van der Waals surface area contributed by atoms with Gasteiger partial charge in [-0.3, -0.25) is 14.9 Å². The molecule has 0 bridgehead atoms. The zero-order valence-electron chi connectivity index (χ0n) is 16.5. The minimum atomic E-state index is -0.571. The van der Waals surface area contributed by atoms with Crippen LogP contribution in [0.2, 0.25) is 0 Å². The summed E-state index contributed by atoms with van der Waals surface area (Å²) in [5.41, 5.74) is 1.79. The van der Waals surface area contributed by atoms with Gasteiger partial charge in [0.05, 0.1) is 24.1 Å². The number of methoxy groups -OCH3 is 1. The van der Waals surface area contributed by atoms with Gasteiger partial charge in [-0.1, -0.05) is 60.7 Å². The number of hydrogen-bond acceptors (Lipinski definition) is 5. The van der Waals surface area contributed by atoms with E-state index in [1.165, 1.54) is 19.2 Å². The van der Waals surface area contributed by atoms with E-state index in [9.17, 15) is 14.9 Å². The maximum absolute atomic E-state index is 12.6. The van der Waals surface area contributed by atoms with E-state index in [-0.39, 0.29) is 30.0 Å². The second kappa shape index (κ2) is 10.1. The van der Waals surface area contributed by atoms with Crippen LogP contribution in [0.4, 0.5) is 5.69 Å². The number of nitrogens with zero attached hydrogens (tertiary/aromatic N) is 1. The number of amides is 1. The largest absolute Gasteiger partial charge is 0.496 e. The number of nitrogens with one attached hydrogen (secondary N) is 1. The zero-order chi connectivity index (χ0) is 21.3. The van der Waals surface area contributed by atoms with E-state index in [1.807, 2.05) is 60.7 Å². The molecule has 1 N–H and O–H groups in total. The van der Waals surface area contributed by atoms with Gasteiger partial charge in [0.15, 0.2) is 12.4 Å². The van der Waals surface area contributed by atoms with Crippen LogP contribution in [-0.2, 0) is 11.2 Å². The van der Waals surface area contributed by atoms with Crippen molar-refractivity contribution in [3.05, 3.63) is 100 Å². The first-order chi connectivity index (χ1) is 14.6. The van der Waals surface area contributed by atoms with E-state index in [0.29, 0.717) is 12.2 Å². The summed E-state index contributed by atoms with van der Waals surface area (Å²) in [4.78, 5) is 23.3. The SMILES string of the molecule is COc1ccc(OCC(=O)N[C@H](Cc2ccccc2)c2ccccc2)c([N+](=O)[O-])c1. The average Bonchev–Trinajstić information content (AvgIpc) is 2.78. The Morgan fingerprint density at radius 3 is 2.33 bits per heavy atom. The first-order valence-corrected chi connectivity index (χ1v) is 9.40. The number of rotatable bonds is 9. The lowest BCUT2D eigenvalue weighted by Gasteiger charge is -2.20. The van der Waals surface area contributed by atoms with Crippen molar-refractivity contribution in [1.29, 1.82) is 0 Å². The molecule has 0 saturated heterocycles. The third-order valence-electron chi connectivity index (χ3n) is 4.54. The Labute approximate surface area is 174 Å². The van der Waals surface area contributed by atoms with Gasteiger partial charge < -0.3 is 14.8 Å². The van der Waals surface area contributed by atoms with Crippen LogP contribution in [0.15, 0.2) is 78.9 Å². The molecule has 0 aliphatic carbocycles. The number of hydrogen-bond donors (Lipinski definition) is 1. The fourth-order valence-corrected chi connectivity index (χ4v) is 3.06. The number of nitro groups is 1. The number of benzene rings is 3. The Morgan fingerprint density at radius 2 is 1.70 bits per heavy atom. The lowest BCUT2D eigenvalue weighted by molar-refractivity contribution is -0.385. The molecule has 0 unspecified atom stereocenters. The van der Waals surface area contributed by atoms with Crippen molar-refractivity contribution >= 4 is 11.6 Å². The summed E-state index contributed by atoms with van der Waals surface area (Å²) in [6.07, 6.45) is 0.610. The minimum Gasteiger partial charge on any atom is -0.496 e. The van der Waals surface area contributed by atoms with Gasteiger partial charge in [-0.2, -0.15) is 0 Å². The summed E-state index contributed by atoms with van der Waals surface area (Å²) >= 11 is 0. The average molecular weight is 406 g/mol. The Bertz CT molecular complexity index is 993. The predicted molar refractivity (Wildman–Crippen MR) is 113 cm³/mol. The van der Waals surface area contributed by atoms with E-state index in [4.69, 9.17) is 9.47 Å². The Kier molecular flexibility index (Phi) is 7.00. The smallest absolute Gasteiger partial charge is 0.314 e. The number of nitro benzene ring substituents is 1. The van der Waals surface area contributed by atoms with E-state index in [2.05, 4.69) is 5.32 Å². The highest BCUT2D eigenvalue weighted by Gasteiger charge is 2.19. The molecule has 30 heavy (non-hydrogen) atoms. The summed E-state index contributed by atoms with van der Waals surface area (Å²) in [5, 5.41) is 14.2. The summed E-state index contributed by atoms with van der Waals surface area (Å²) in [5.74, 6) is -0.0225. The van der Waals surface area contributed by atoms with Crippen molar-refractivity contribution in [1.82, 2.24) is 5.32 Å². The van der Waals surface area contributed by atoms with Crippen LogP contribution in [0.5, 0.6) is 11.5 Å². The van der Waals surface area contributed by atoms with Crippen molar-refractivity contribution in [2.24, 2.45) is 0 Å². The number of ether oxygens (including phenoxy) is 2. The summed E-state index contributed by atoms with van der Waals surface area (Å²) < 4.78 is 10.4.